The molecule has 0 saturated heterocycles. The maximum atomic E-state index is 13.4. The smallest absolute Gasteiger partial charge is 0.255 e. The van der Waals surface area contributed by atoms with Crippen LogP contribution in [0.3, 0.4) is 0 Å². The number of carbonyl (C=O) groups excluding carboxylic acids is 1. The van der Waals surface area contributed by atoms with Crippen LogP contribution < -0.4 is 10.1 Å². The molecule has 26 heavy (non-hydrogen) atoms. The average Bonchev–Trinajstić information content (AvgIpc) is 3.01. The third-order valence-electron chi connectivity index (χ3n) is 3.76. The Hall–Kier alpha value is -2.44. The Morgan fingerprint density at radius 2 is 2.00 bits per heavy atom. The van der Waals surface area contributed by atoms with Crippen molar-refractivity contribution in [1.29, 1.82) is 0 Å². The molecule has 0 fully saturated rings. The number of hydrogen-bond acceptors (Lipinski definition) is 4. The quantitative estimate of drug-likeness (QED) is 0.677. The number of aryl methyl sites for hydroxylation is 1. The Labute approximate surface area is 159 Å². The highest BCUT2D eigenvalue weighted by molar-refractivity contribution is 7.12. The highest BCUT2D eigenvalue weighted by Crippen LogP contribution is 2.28. The summed E-state index contributed by atoms with van der Waals surface area (Å²) in [7, 11) is 1.44. The predicted octanol–water partition coefficient (Wildman–Crippen LogP) is 4.85. The number of thiazole rings is 1. The summed E-state index contributed by atoms with van der Waals surface area (Å²) in [4.78, 5) is 18.0. The second-order valence-corrected chi connectivity index (χ2v) is 7.27. The number of methoxy groups -OCH3 is 1. The molecular weight excluding hydrogens is 375 g/mol. The Kier molecular flexibility index (Phi) is 5.54. The molecule has 0 radical (unpaired) electrons. The van der Waals surface area contributed by atoms with Gasteiger partial charge in [0, 0.05) is 15.5 Å². The monoisotopic (exact) mass is 390 g/mol. The normalized spacial score (nSPS) is 10.6. The van der Waals surface area contributed by atoms with E-state index in [0.29, 0.717) is 10.8 Å². The molecule has 4 nitrogen and oxygen atoms in total. The van der Waals surface area contributed by atoms with Crippen molar-refractivity contribution in [3.05, 3.63) is 68.8 Å². The second-order valence-electron chi connectivity index (χ2n) is 5.55. The van der Waals surface area contributed by atoms with Crippen molar-refractivity contribution < 1.29 is 13.9 Å². The zero-order chi connectivity index (χ0) is 18.7. The van der Waals surface area contributed by atoms with Crippen molar-refractivity contribution in [3.8, 4) is 17.0 Å². The number of amides is 1. The number of nitrogens with one attached hydrogen (secondary N) is 1. The SMILES string of the molecule is COc1ccc(F)cc1C(=O)NCc1nc(-c2ccc(Cl)cc2)c(C)s1. The molecule has 0 aliphatic rings. The summed E-state index contributed by atoms with van der Waals surface area (Å²) < 4.78 is 18.5. The number of rotatable bonds is 5. The molecule has 0 spiro atoms. The van der Waals surface area contributed by atoms with Crippen LogP contribution >= 0.6 is 22.9 Å². The molecule has 7 heteroatoms. The molecule has 1 aromatic heterocycles. The molecule has 1 N–H and O–H groups in total. The minimum Gasteiger partial charge on any atom is -0.496 e. The second kappa shape index (κ2) is 7.85. The van der Waals surface area contributed by atoms with Gasteiger partial charge in [-0.05, 0) is 37.3 Å². The molecule has 1 heterocycles. The van der Waals surface area contributed by atoms with E-state index in [0.717, 1.165) is 27.2 Å². The first-order chi connectivity index (χ1) is 12.5. The van der Waals surface area contributed by atoms with E-state index < -0.39 is 11.7 Å². The summed E-state index contributed by atoms with van der Waals surface area (Å²) in [6.07, 6.45) is 0. The van der Waals surface area contributed by atoms with Crippen LogP contribution in [-0.4, -0.2) is 18.0 Å². The van der Waals surface area contributed by atoms with Crippen molar-refractivity contribution in [1.82, 2.24) is 10.3 Å². The number of benzene rings is 2. The van der Waals surface area contributed by atoms with Gasteiger partial charge in [0.2, 0.25) is 0 Å². The summed E-state index contributed by atoms with van der Waals surface area (Å²) in [5.74, 6) is -0.589. The first-order valence-corrected chi connectivity index (χ1v) is 9.01. The number of ether oxygens (including phenoxy) is 1. The number of halogens is 2. The van der Waals surface area contributed by atoms with Crippen LogP contribution in [0, 0.1) is 12.7 Å². The van der Waals surface area contributed by atoms with Gasteiger partial charge in [-0.3, -0.25) is 4.79 Å². The topological polar surface area (TPSA) is 51.2 Å². The summed E-state index contributed by atoms with van der Waals surface area (Å²) >= 11 is 7.42. The zero-order valence-corrected chi connectivity index (χ0v) is 15.7. The maximum Gasteiger partial charge on any atom is 0.255 e. The molecule has 0 saturated carbocycles. The molecule has 0 aliphatic carbocycles. The van der Waals surface area contributed by atoms with Crippen LogP contribution in [0.4, 0.5) is 4.39 Å². The Balaban J connectivity index is 1.74. The summed E-state index contributed by atoms with van der Waals surface area (Å²) in [5.41, 5.74) is 1.98. The van der Waals surface area contributed by atoms with Crippen molar-refractivity contribution in [2.75, 3.05) is 7.11 Å². The van der Waals surface area contributed by atoms with Crippen LogP contribution in [0.1, 0.15) is 20.2 Å². The van der Waals surface area contributed by atoms with Crippen molar-refractivity contribution in [3.63, 3.8) is 0 Å². The van der Waals surface area contributed by atoms with E-state index in [-0.39, 0.29) is 12.1 Å². The van der Waals surface area contributed by atoms with E-state index in [2.05, 4.69) is 10.3 Å². The van der Waals surface area contributed by atoms with Crippen LogP contribution in [0.15, 0.2) is 42.5 Å². The van der Waals surface area contributed by atoms with Gasteiger partial charge in [-0.15, -0.1) is 11.3 Å². The third-order valence-corrected chi connectivity index (χ3v) is 4.99. The van der Waals surface area contributed by atoms with Crippen LogP contribution in [0.25, 0.3) is 11.3 Å². The van der Waals surface area contributed by atoms with E-state index in [4.69, 9.17) is 16.3 Å². The summed E-state index contributed by atoms with van der Waals surface area (Å²) in [6.45, 7) is 2.22. The fourth-order valence-electron chi connectivity index (χ4n) is 2.51. The Morgan fingerprint density at radius 1 is 1.27 bits per heavy atom. The number of nitrogens with zero attached hydrogens (tertiary/aromatic N) is 1. The van der Waals surface area contributed by atoms with Gasteiger partial charge in [0.15, 0.2) is 0 Å². The van der Waals surface area contributed by atoms with Crippen LogP contribution in [0.2, 0.25) is 5.02 Å². The molecule has 134 valence electrons. The lowest BCUT2D eigenvalue weighted by atomic mass is 10.1. The van der Waals surface area contributed by atoms with Crippen LogP contribution in [0.5, 0.6) is 5.75 Å². The first-order valence-electron chi connectivity index (χ1n) is 7.82. The van der Waals surface area contributed by atoms with Gasteiger partial charge in [0.05, 0.1) is 24.9 Å². The van der Waals surface area contributed by atoms with E-state index in [1.807, 2.05) is 31.2 Å². The maximum absolute atomic E-state index is 13.4. The molecular formula is C19H16ClFN2O2S. The largest absolute Gasteiger partial charge is 0.496 e. The number of hydrogen-bond donors (Lipinski definition) is 1. The molecule has 2 aromatic carbocycles. The third kappa shape index (κ3) is 4.03. The Morgan fingerprint density at radius 3 is 2.69 bits per heavy atom. The molecule has 0 bridgehead atoms. The van der Waals surface area contributed by atoms with E-state index in [1.54, 1.807) is 0 Å². The molecule has 3 rings (SSSR count). The summed E-state index contributed by atoms with van der Waals surface area (Å²) in [5, 5.41) is 4.18. The fraction of sp³-hybridized carbons (Fsp3) is 0.158. The van der Waals surface area contributed by atoms with Gasteiger partial charge in [-0.1, -0.05) is 23.7 Å². The van der Waals surface area contributed by atoms with Crippen molar-refractivity contribution in [2.45, 2.75) is 13.5 Å². The fourth-order valence-corrected chi connectivity index (χ4v) is 3.53. The molecule has 0 atom stereocenters. The molecule has 0 unspecified atom stereocenters. The minimum atomic E-state index is -0.494. The van der Waals surface area contributed by atoms with Crippen LogP contribution in [-0.2, 0) is 6.54 Å². The van der Waals surface area contributed by atoms with Crippen molar-refractivity contribution in [2.24, 2.45) is 0 Å². The standard InChI is InChI=1S/C19H16ClFN2O2S/c1-11-18(12-3-5-13(20)6-4-12)23-17(26-11)10-22-19(24)15-9-14(21)7-8-16(15)25-2/h3-9H,10H2,1-2H3,(H,22,24). The predicted molar refractivity (Wildman–Crippen MR) is 101 cm³/mol. The molecule has 1 amide bonds. The van der Waals surface area contributed by atoms with Gasteiger partial charge in [0.25, 0.3) is 5.91 Å². The van der Waals surface area contributed by atoms with Gasteiger partial charge >= 0.3 is 0 Å². The molecule has 3 aromatic rings. The van der Waals surface area contributed by atoms with Gasteiger partial charge in [-0.2, -0.15) is 0 Å². The highest BCUT2D eigenvalue weighted by atomic mass is 35.5. The Bertz CT molecular complexity index is 941. The average molecular weight is 391 g/mol. The van der Waals surface area contributed by atoms with E-state index in [1.165, 1.54) is 30.6 Å². The van der Waals surface area contributed by atoms with E-state index >= 15 is 0 Å². The zero-order valence-electron chi connectivity index (χ0n) is 14.2. The lowest BCUT2D eigenvalue weighted by Gasteiger charge is -2.08. The minimum absolute atomic E-state index is 0.152. The summed E-state index contributed by atoms with van der Waals surface area (Å²) in [6, 6.07) is 11.3. The number of carbonyl (C=O) groups is 1. The van der Waals surface area contributed by atoms with Gasteiger partial charge in [-0.25, -0.2) is 9.37 Å². The van der Waals surface area contributed by atoms with Gasteiger partial charge in [0.1, 0.15) is 16.6 Å². The number of aromatic nitrogens is 1. The lowest BCUT2D eigenvalue weighted by Crippen LogP contribution is -2.23. The lowest BCUT2D eigenvalue weighted by molar-refractivity contribution is 0.0947. The van der Waals surface area contributed by atoms with E-state index in [9.17, 15) is 9.18 Å². The van der Waals surface area contributed by atoms with Gasteiger partial charge < -0.3 is 10.1 Å². The highest BCUT2D eigenvalue weighted by Gasteiger charge is 2.15. The first kappa shape index (κ1) is 18.4. The molecule has 0 aliphatic heterocycles. The van der Waals surface area contributed by atoms with Crippen molar-refractivity contribution >= 4 is 28.8 Å².